The number of anilines is 1. The molecule has 0 atom stereocenters. The van der Waals surface area contributed by atoms with E-state index in [-0.39, 0.29) is 11.7 Å². The maximum absolute atomic E-state index is 13.5. The fraction of sp³-hybridized carbons (Fsp3) is 0.235. The third-order valence-corrected chi connectivity index (χ3v) is 4.56. The maximum atomic E-state index is 13.5. The SMILES string of the molecule is CN1CCc2ccc(C(=O)NCc3ccc(Br)c(F)c3)cc21. The van der Waals surface area contributed by atoms with E-state index in [4.69, 9.17) is 0 Å². The van der Waals surface area contributed by atoms with Crippen LogP contribution >= 0.6 is 15.9 Å². The summed E-state index contributed by atoms with van der Waals surface area (Å²) in [5, 5.41) is 2.83. The van der Waals surface area contributed by atoms with Crippen LogP contribution in [0.5, 0.6) is 0 Å². The number of rotatable bonds is 3. The molecule has 1 aliphatic rings. The summed E-state index contributed by atoms with van der Waals surface area (Å²) in [6.45, 7) is 1.29. The number of hydrogen-bond acceptors (Lipinski definition) is 2. The highest BCUT2D eigenvalue weighted by molar-refractivity contribution is 9.10. The van der Waals surface area contributed by atoms with E-state index in [0.717, 1.165) is 24.2 Å². The average molecular weight is 363 g/mol. The van der Waals surface area contributed by atoms with Crippen molar-refractivity contribution in [3.8, 4) is 0 Å². The second kappa shape index (κ2) is 6.08. The van der Waals surface area contributed by atoms with Gasteiger partial charge in [-0.05, 0) is 57.7 Å². The smallest absolute Gasteiger partial charge is 0.251 e. The molecule has 114 valence electrons. The largest absolute Gasteiger partial charge is 0.374 e. The molecule has 2 aromatic rings. The van der Waals surface area contributed by atoms with Gasteiger partial charge in [-0.1, -0.05) is 12.1 Å². The highest BCUT2D eigenvalue weighted by atomic mass is 79.9. The Bertz CT molecular complexity index is 733. The summed E-state index contributed by atoms with van der Waals surface area (Å²) >= 11 is 3.11. The molecule has 0 aliphatic carbocycles. The van der Waals surface area contributed by atoms with Crippen molar-refractivity contribution in [3.05, 3.63) is 63.4 Å². The van der Waals surface area contributed by atoms with Crippen LogP contribution in [0.15, 0.2) is 40.9 Å². The van der Waals surface area contributed by atoms with Gasteiger partial charge in [-0.25, -0.2) is 4.39 Å². The molecule has 5 heteroatoms. The van der Waals surface area contributed by atoms with Crippen LogP contribution in [0.3, 0.4) is 0 Å². The molecule has 0 spiro atoms. The van der Waals surface area contributed by atoms with Crippen LogP contribution in [0.4, 0.5) is 10.1 Å². The van der Waals surface area contributed by atoms with Crippen LogP contribution in [0.2, 0.25) is 0 Å². The van der Waals surface area contributed by atoms with Crippen molar-refractivity contribution in [1.29, 1.82) is 0 Å². The molecule has 0 saturated carbocycles. The number of amides is 1. The normalized spacial score (nSPS) is 13.1. The van der Waals surface area contributed by atoms with E-state index in [1.807, 2.05) is 25.2 Å². The minimum Gasteiger partial charge on any atom is -0.374 e. The number of likely N-dealkylation sites (N-methyl/N-ethyl adjacent to an activating group) is 1. The lowest BCUT2D eigenvalue weighted by molar-refractivity contribution is 0.0951. The van der Waals surface area contributed by atoms with Crippen LogP contribution in [0, 0.1) is 5.82 Å². The van der Waals surface area contributed by atoms with Gasteiger partial charge in [0.1, 0.15) is 5.82 Å². The Balaban J connectivity index is 1.70. The van der Waals surface area contributed by atoms with Crippen molar-refractivity contribution in [1.82, 2.24) is 5.32 Å². The Kier molecular flexibility index (Phi) is 4.16. The summed E-state index contributed by atoms with van der Waals surface area (Å²) in [5.41, 5.74) is 3.74. The van der Waals surface area contributed by atoms with E-state index >= 15 is 0 Å². The quantitative estimate of drug-likeness (QED) is 0.905. The minimum absolute atomic E-state index is 0.147. The molecule has 0 fully saturated rings. The number of carbonyl (C=O) groups is 1. The third-order valence-electron chi connectivity index (χ3n) is 3.91. The molecule has 1 heterocycles. The number of benzene rings is 2. The Morgan fingerprint density at radius 2 is 2.14 bits per heavy atom. The molecule has 0 saturated heterocycles. The molecule has 0 unspecified atom stereocenters. The highest BCUT2D eigenvalue weighted by Crippen LogP contribution is 2.27. The molecule has 3 rings (SSSR count). The first-order valence-electron chi connectivity index (χ1n) is 7.11. The van der Waals surface area contributed by atoms with Crippen molar-refractivity contribution in [2.75, 3.05) is 18.5 Å². The van der Waals surface area contributed by atoms with Gasteiger partial charge in [-0.15, -0.1) is 0 Å². The summed E-state index contributed by atoms with van der Waals surface area (Å²) in [7, 11) is 2.03. The molecule has 0 radical (unpaired) electrons. The minimum atomic E-state index is -0.328. The second-order valence-electron chi connectivity index (χ2n) is 5.45. The predicted molar refractivity (Wildman–Crippen MR) is 88.7 cm³/mol. The summed E-state index contributed by atoms with van der Waals surface area (Å²) in [6.07, 6.45) is 1.02. The number of nitrogens with one attached hydrogen (secondary N) is 1. The first-order chi connectivity index (χ1) is 10.5. The van der Waals surface area contributed by atoms with E-state index in [2.05, 4.69) is 26.1 Å². The lowest BCUT2D eigenvalue weighted by Crippen LogP contribution is -2.23. The van der Waals surface area contributed by atoms with Gasteiger partial charge in [0, 0.05) is 31.4 Å². The first kappa shape index (κ1) is 15.0. The van der Waals surface area contributed by atoms with Crippen molar-refractivity contribution in [2.45, 2.75) is 13.0 Å². The molecule has 1 amide bonds. The monoisotopic (exact) mass is 362 g/mol. The van der Waals surface area contributed by atoms with Crippen LogP contribution in [-0.2, 0) is 13.0 Å². The molecule has 3 nitrogen and oxygen atoms in total. The van der Waals surface area contributed by atoms with E-state index in [1.165, 1.54) is 11.6 Å². The zero-order valence-electron chi connectivity index (χ0n) is 12.2. The zero-order chi connectivity index (χ0) is 15.7. The van der Waals surface area contributed by atoms with Crippen LogP contribution < -0.4 is 10.2 Å². The van der Waals surface area contributed by atoms with Gasteiger partial charge >= 0.3 is 0 Å². The fourth-order valence-corrected chi connectivity index (χ4v) is 2.86. The average Bonchev–Trinajstić information content (AvgIpc) is 2.89. The van der Waals surface area contributed by atoms with Crippen molar-refractivity contribution in [2.24, 2.45) is 0 Å². The molecule has 22 heavy (non-hydrogen) atoms. The fourth-order valence-electron chi connectivity index (χ4n) is 2.61. The lowest BCUT2D eigenvalue weighted by atomic mass is 10.1. The van der Waals surface area contributed by atoms with Crippen LogP contribution in [0.1, 0.15) is 21.5 Å². The van der Waals surface area contributed by atoms with Crippen molar-refractivity contribution < 1.29 is 9.18 Å². The van der Waals surface area contributed by atoms with E-state index in [9.17, 15) is 9.18 Å². The summed E-state index contributed by atoms with van der Waals surface area (Å²) in [5.74, 6) is -0.475. The first-order valence-corrected chi connectivity index (χ1v) is 7.90. The number of nitrogens with zero attached hydrogens (tertiary/aromatic N) is 1. The van der Waals surface area contributed by atoms with E-state index in [1.54, 1.807) is 12.1 Å². The Hall–Kier alpha value is -1.88. The van der Waals surface area contributed by atoms with Gasteiger partial charge in [0.15, 0.2) is 0 Å². The topological polar surface area (TPSA) is 32.3 Å². The molecule has 2 aromatic carbocycles. The Labute approximate surface area is 137 Å². The standard InChI is InChI=1S/C17H16BrFN2O/c1-21-7-6-12-3-4-13(9-16(12)21)17(22)20-10-11-2-5-14(18)15(19)8-11/h2-5,8-9H,6-7,10H2,1H3,(H,20,22). The van der Waals surface area contributed by atoms with Crippen LogP contribution in [0.25, 0.3) is 0 Å². The van der Waals surface area contributed by atoms with Crippen LogP contribution in [-0.4, -0.2) is 19.5 Å². The Morgan fingerprint density at radius 3 is 2.91 bits per heavy atom. The number of fused-ring (bicyclic) bond motifs is 1. The number of carbonyl (C=O) groups excluding carboxylic acids is 1. The van der Waals surface area contributed by atoms with Gasteiger partial charge in [-0.2, -0.15) is 0 Å². The van der Waals surface area contributed by atoms with Gasteiger partial charge in [0.05, 0.1) is 4.47 Å². The van der Waals surface area contributed by atoms with Crippen molar-refractivity contribution >= 4 is 27.5 Å². The molecule has 0 bridgehead atoms. The maximum Gasteiger partial charge on any atom is 0.251 e. The molecular weight excluding hydrogens is 347 g/mol. The molecule has 1 N–H and O–H groups in total. The number of halogens is 2. The third kappa shape index (κ3) is 2.99. The molecular formula is C17H16BrFN2O. The Morgan fingerprint density at radius 1 is 1.32 bits per heavy atom. The zero-order valence-corrected chi connectivity index (χ0v) is 13.8. The highest BCUT2D eigenvalue weighted by Gasteiger charge is 2.17. The summed E-state index contributed by atoms with van der Waals surface area (Å²) < 4.78 is 13.9. The van der Waals surface area contributed by atoms with E-state index in [0.29, 0.717) is 16.6 Å². The predicted octanol–water partition coefficient (Wildman–Crippen LogP) is 3.51. The van der Waals surface area contributed by atoms with Gasteiger partial charge < -0.3 is 10.2 Å². The second-order valence-corrected chi connectivity index (χ2v) is 6.30. The molecule has 0 aromatic heterocycles. The number of hydrogen-bond donors (Lipinski definition) is 1. The van der Waals surface area contributed by atoms with E-state index < -0.39 is 0 Å². The lowest BCUT2D eigenvalue weighted by Gasteiger charge is -2.13. The van der Waals surface area contributed by atoms with Crippen molar-refractivity contribution in [3.63, 3.8) is 0 Å². The molecule has 1 aliphatic heterocycles. The van der Waals surface area contributed by atoms with Gasteiger partial charge in [-0.3, -0.25) is 4.79 Å². The van der Waals surface area contributed by atoms with Gasteiger partial charge in [0.25, 0.3) is 5.91 Å². The van der Waals surface area contributed by atoms with Gasteiger partial charge in [0.2, 0.25) is 0 Å². The summed E-state index contributed by atoms with van der Waals surface area (Å²) in [6, 6.07) is 10.6. The summed E-state index contributed by atoms with van der Waals surface area (Å²) in [4.78, 5) is 14.4.